The summed E-state index contributed by atoms with van der Waals surface area (Å²) in [7, 11) is 0. The van der Waals surface area contributed by atoms with Gasteiger partial charge in [-0.3, -0.25) is 0 Å². The van der Waals surface area contributed by atoms with Crippen LogP contribution in [0.4, 0.5) is 4.39 Å². The van der Waals surface area contributed by atoms with Gasteiger partial charge in [0.1, 0.15) is 23.2 Å². The highest BCUT2D eigenvalue weighted by atomic mass is 35.5. The first kappa shape index (κ1) is 13.8. The average Bonchev–Trinajstić information content (AvgIpc) is 2.38. The number of hydrogen-bond donors (Lipinski definition) is 1. The molecule has 0 aliphatic heterocycles. The topological polar surface area (TPSA) is 35.2 Å². The lowest BCUT2D eigenvalue weighted by Crippen LogP contribution is -2.13. The Balaban J connectivity index is 2.16. The first-order valence-corrected chi connectivity index (χ1v) is 6.31. The highest BCUT2D eigenvalue weighted by Crippen LogP contribution is 2.18. The van der Waals surface area contributed by atoms with Crippen molar-refractivity contribution in [2.24, 2.45) is 5.73 Å². The van der Waals surface area contributed by atoms with Crippen LogP contribution in [0.15, 0.2) is 42.5 Å². The largest absolute Gasteiger partial charge is 0.489 e. The predicted molar refractivity (Wildman–Crippen MR) is 78.1 cm³/mol. The van der Waals surface area contributed by atoms with E-state index < -0.39 is 0 Å². The maximum Gasteiger partial charge on any atom is 0.123 e. The third kappa shape index (κ3) is 3.66. The van der Waals surface area contributed by atoms with Crippen LogP contribution in [0.2, 0.25) is 5.02 Å². The minimum Gasteiger partial charge on any atom is -0.489 e. The second-order valence-corrected chi connectivity index (χ2v) is 4.78. The normalized spacial score (nSPS) is 10.2. The summed E-state index contributed by atoms with van der Waals surface area (Å²) in [6, 6.07) is 11.2. The average molecular weight is 296 g/mol. The third-order valence-corrected chi connectivity index (χ3v) is 3.01. The van der Waals surface area contributed by atoms with E-state index in [0.29, 0.717) is 21.9 Å². The Morgan fingerprint density at radius 3 is 2.53 bits per heavy atom. The number of hydrogen-bond acceptors (Lipinski definition) is 2. The van der Waals surface area contributed by atoms with Gasteiger partial charge in [-0.25, -0.2) is 4.39 Å². The van der Waals surface area contributed by atoms with Crippen LogP contribution in [0, 0.1) is 5.82 Å². The molecule has 2 aromatic carbocycles. The number of nitrogens with two attached hydrogens (primary N) is 1. The van der Waals surface area contributed by atoms with Gasteiger partial charge >= 0.3 is 0 Å². The lowest BCUT2D eigenvalue weighted by Gasteiger charge is -2.10. The first-order valence-electron chi connectivity index (χ1n) is 5.53. The Bertz CT molecular complexity index is 601. The summed E-state index contributed by atoms with van der Waals surface area (Å²) in [5.74, 6) is 0.289. The van der Waals surface area contributed by atoms with E-state index in [1.54, 1.807) is 30.3 Å². The SMILES string of the molecule is NC(=S)c1ccc(F)cc1COc1ccc(Cl)cc1. The van der Waals surface area contributed by atoms with Gasteiger partial charge < -0.3 is 10.5 Å². The van der Waals surface area contributed by atoms with Crippen LogP contribution in [0.25, 0.3) is 0 Å². The molecule has 5 heteroatoms. The Hall–Kier alpha value is -1.65. The molecule has 0 aliphatic rings. The van der Waals surface area contributed by atoms with E-state index in [0.717, 1.165) is 0 Å². The maximum absolute atomic E-state index is 13.2. The van der Waals surface area contributed by atoms with Gasteiger partial charge in [0.25, 0.3) is 0 Å². The molecule has 0 unspecified atom stereocenters. The molecular weight excluding hydrogens is 285 g/mol. The molecule has 0 spiro atoms. The van der Waals surface area contributed by atoms with Crippen molar-refractivity contribution in [1.29, 1.82) is 0 Å². The van der Waals surface area contributed by atoms with Crippen molar-refractivity contribution in [2.75, 3.05) is 0 Å². The van der Waals surface area contributed by atoms with Gasteiger partial charge in [0.15, 0.2) is 0 Å². The van der Waals surface area contributed by atoms with E-state index >= 15 is 0 Å². The second kappa shape index (κ2) is 5.99. The van der Waals surface area contributed by atoms with Gasteiger partial charge in [0.2, 0.25) is 0 Å². The predicted octanol–water partition coefficient (Wildman–Crippen LogP) is 3.69. The number of rotatable bonds is 4. The van der Waals surface area contributed by atoms with Gasteiger partial charge in [-0.1, -0.05) is 23.8 Å². The quantitative estimate of drug-likeness (QED) is 0.874. The van der Waals surface area contributed by atoms with E-state index in [1.807, 2.05) is 0 Å². The van der Waals surface area contributed by atoms with Crippen molar-refractivity contribution in [3.05, 3.63) is 64.4 Å². The van der Waals surface area contributed by atoms with Crippen LogP contribution in [-0.4, -0.2) is 4.99 Å². The second-order valence-electron chi connectivity index (χ2n) is 3.91. The van der Waals surface area contributed by atoms with Crippen LogP contribution in [0.3, 0.4) is 0 Å². The molecule has 0 aliphatic carbocycles. The van der Waals surface area contributed by atoms with Gasteiger partial charge in [-0.2, -0.15) is 0 Å². The van der Waals surface area contributed by atoms with Gasteiger partial charge in [-0.05, 0) is 42.5 Å². The van der Waals surface area contributed by atoms with Crippen LogP contribution in [0.1, 0.15) is 11.1 Å². The molecule has 0 radical (unpaired) electrons. The molecule has 0 atom stereocenters. The third-order valence-electron chi connectivity index (χ3n) is 2.54. The molecular formula is C14H11ClFNOS. The standard InChI is InChI=1S/C14H11ClFNOS/c15-10-1-4-12(5-2-10)18-8-9-7-11(16)3-6-13(9)14(17)19/h1-7H,8H2,(H2,17,19). The zero-order valence-electron chi connectivity index (χ0n) is 9.90. The van der Waals surface area contributed by atoms with E-state index in [-0.39, 0.29) is 17.4 Å². The van der Waals surface area contributed by atoms with Gasteiger partial charge in [0.05, 0.1) is 0 Å². The van der Waals surface area contributed by atoms with Crippen LogP contribution in [-0.2, 0) is 6.61 Å². The fourth-order valence-electron chi connectivity index (χ4n) is 1.61. The van der Waals surface area contributed by atoms with Crippen LogP contribution >= 0.6 is 23.8 Å². The Morgan fingerprint density at radius 2 is 1.89 bits per heavy atom. The molecule has 19 heavy (non-hydrogen) atoms. The first-order chi connectivity index (χ1) is 9.06. The minimum absolute atomic E-state index is 0.187. The van der Waals surface area contributed by atoms with Gasteiger partial charge in [-0.15, -0.1) is 0 Å². The van der Waals surface area contributed by atoms with E-state index in [2.05, 4.69) is 0 Å². The molecule has 0 amide bonds. The Kier molecular flexibility index (Phi) is 4.35. The molecule has 0 aromatic heterocycles. The molecule has 2 rings (SSSR count). The van der Waals surface area contributed by atoms with E-state index in [9.17, 15) is 4.39 Å². The van der Waals surface area contributed by atoms with Crippen LogP contribution < -0.4 is 10.5 Å². The van der Waals surface area contributed by atoms with E-state index in [4.69, 9.17) is 34.3 Å². The molecule has 0 saturated heterocycles. The molecule has 0 bridgehead atoms. The van der Waals surface area contributed by atoms with Gasteiger partial charge in [0, 0.05) is 16.1 Å². The van der Waals surface area contributed by atoms with Crippen molar-refractivity contribution in [2.45, 2.75) is 6.61 Å². The summed E-state index contributed by atoms with van der Waals surface area (Å²) in [6.07, 6.45) is 0. The summed E-state index contributed by atoms with van der Waals surface area (Å²) >= 11 is 10.7. The van der Waals surface area contributed by atoms with Crippen molar-refractivity contribution < 1.29 is 9.13 Å². The van der Waals surface area contributed by atoms with Crippen LogP contribution in [0.5, 0.6) is 5.75 Å². The molecule has 0 fully saturated rings. The zero-order chi connectivity index (χ0) is 13.8. The maximum atomic E-state index is 13.2. The van der Waals surface area contributed by atoms with Crippen molar-refractivity contribution >= 4 is 28.8 Å². The van der Waals surface area contributed by atoms with E-state index in [1.165, 1.54) is 12.1 Å². The summed E-state index contributed by atoms with van der Waals surface area (Å²) in [6.45, 7) is 0.187. The Labute approximate surface area is 120 Å². The highest BCUT2D eigenvalue weighted by molar-refractivity contribution is 7.80. The lowest BCUT2D eigenvalue weighted by atomic mass is 10.1. The summed E-state index contributed by atoms with van der Waals surface area (Å²) in [4.78, 5) is 0.217. The van der Waals surface area contributed by atoms with Crippen molar-refractivity contribution in [1.82, 2.24) is 0 Å². The molecule has 98 valence electrons. The Morgan fingerprint density at radius 1 is 1.21 bits per heavy atom. The monoisotopic (exact) mass is 295 g/mol. The fraction of sp³-hybridized carbons (Fsp3) is 0.0714. The van der Waals surface area contributed by atoms with Crippen molar-refractivity contribution in [3.8, 4) is 5.75 Å². The lowest BCUT2D eigenvalue weighted by molar-refractivity contribution is 0.305. The number of halogens is 2. The summed E-state index contributed by atoms with van der Waals surface area (Å²) < 4.78 is 18.8. The minimum atomic E-state index is -0.352. The summed E-state index contributed by atoms with van der Waals surface area (Å²) in [5.41, 5.74) is 6.82. The molecule has 0 heterocycles. The number of benzene rings is 2. The number of thiocarbonyl (C=S) groups is 1. The molecule has 2 N–H and O–H groups in total. The van der Waals surface area contributed by atoms with Crippen molar-refractivity contribution in [3.63, 3.8) is 0 Å². The zero-order valence-corrected chi connectivity index (χ0v) is 11.5. The smallest absolute Gasteiger partial charge is 0.123 e. The molecule has 2 aromatic rings. The molecule has 0 saturated carbocycles. The molecule has 2 nitrogen and oxygen atoms in total. The number of ether oxygens (including phenoxy) is 1. The highest BCUT2D eigenvalue weighted by Gasteiger charge is 2.07. The fourth-order valence-corrected chi connectivity index (χ4v) is 1.94. The summed E-state index contributed by atoms with van der Waals surface area (Å²) in [5, 5.41) is 0.627.